The number of anilines is 1. The molecule has 1 atom stereocenters. The maximum atomic E-state index is 12.5. The first-order valence-electron chi connectivity index (χ1n) is 8.34. The Balaban J connectivity index is 1.57. The van der Waals surface area contributed by atoms with E-state index in [1.165, 1.54) is 11.3 Å². The number of pyridine rings is 1. The molecule has 7 heteroatoms. The van der Waals surface area contributed by atoms with Crippen LogP contribution < -0.4 is 11.1 Å². The Bertz CT molecular complexity index is 757. The molecule has 25 heavy (non-hydrogen) atoms. The minimum Gasteiger partial charge on any atom is -0.366 e. The fourth-order valence-electron chi connectivity index (χ4n) is 3.00. The number of hydrogen-bond donors (Lipinski definition) is 2. The summed E-state index contributed by atoms with van der Waals surface area (Å²) in [4.78, 5) is 31.3. The zero-order valence-corrected chi connectivity index (χ0v) is 15.0. The zero-order valence-electron chi connectivity index (χ0n) is 14.2. The zero-order chi connectivity index (χ0) is 17.8. The molecular weight excluding hydrogens is 336 g/mol. The molecule has 1 unspecified atom stereocenters. The quantitative estimate of drug-likeness (QED) is 0.859. The van der Waals surface area contributed by atoms with Crippen LogP contribution in [0.1, 0.15) is 33.6 Å². The van der Waals surface area contributed by atoms with Gasteiger partial charge in [-0.2, -0.15) is 0 Å². The first-order valence-corrected chi connectivity index (χ1v) is 9.22. The molecule has 0 aromatic carbocycles. The van der Waals surface area contributed by atoms with E-state index in [0.717, 1.165) is 36.4 Å². The summed E-state index contributed by atoms with van der Waals surface area (Å²) in [6.45, 7) is 4.37. The minimum atomic E-state index is -0.399. The van der Waals surface area contributed by atoms with E-state index >= 15 is 0 Å². The topological polar surface area (TPSA) is 88.3 Å². The highest BCUT2D eigenvalue weighted by Gasteiger charge is 2.26. The van der Waals surface area contributed by atoms with Crippen molar-refractivity contribution in [2.45, 2.75) is 26.3 Å². The molecule has 1 fully saturated rings. The fraction of sp³-hybridized carbons (Fsp3) is 0.389. The smallest absolute Gasteiger partial charge is 0.249 e. The number of thiophene rings is 1. The van der Waals surface area contributed by atoms with E-state index in [1.807, 2.05) is 25.1 Å². The van der Waals surface area contributed by atoms with E-state index in [-0.39, 0.29) is 11.8 Å². The monoisotopic (exact) mass is 358 g/mol. The number of primary amides is 1. The standard InChI is InChI=1S/C18H22N4O2S/c1-12-4-5-16(20-8-12)21-18(24)13-3-2-6-22(9-13)10-15-7-14(11-25-15)17(19)23/h4-5,7-8,11,13H,2-3,6,9-10H2,1H3,(H2,19,23)(H,20,21,24). The molecule has 3 N–H and O–H groups in total. The number of piperidine rings is 1. The molecule has 2 aromatic rings. The Labute approximate surface area is 151 Å². The van der Waals surface area contributed by atoms with Gasteiger partial charge in [-0.1, -0.05) is 6.07 Å². The van der Waals surface area contributed by atoms with Gasteiger partial charge in [0.15, 0.2) is 0 Å². The van der Waals surface area contributed by atoms with Crippen molar-refractivity contribution in [3.05, 3.63) is 45.8 Å². The molecule has 0 aliphatic carbocycles. The van der Waals surface area contributed by atoms with Crippen LogP contribution in [0.4, 0.5) is 5.82 Å². The van der Waals surface area contributed by atoms with Crippen molar-refractivity contribution in [3.8, 4) is 0 Å². The number of carbonyl (C=O) groups is 2. The first kappa shape index (κ1) is 17.6. The third-order valence-corrected chi connectivity index (χ3v) is 5.28. The highest BCUT2D eigenvalue weighted by molar-refractivity contribution is 7.10. The number of nitrogens with two attached hydrogens (primary N) is 1. The maximum absolute atomic E-state index is 12.5. The second-order valence-corrected chi connectivity index (χ2v) is 7.45. The summed E-state index contributed by atoms with van der Waals surface area (Å²) in [5, 5.41) is 4.69. The summed E-state index contributed by atoms with van der Waals surface area (Å²) in [6.07, 6.45) is 3.61. The van der Waals surface area contributed by atoms with Gasteiger partial charge in [-0.15, -0.1) is 11.3 Å². The Morgan fingerprint density at radius 3 is 2.96 bits per heavy atom. The van der Waals surface area contributed by atoms with Crippen molar-refractivity contribution in [2.24, 2.45) is 11.7 Å². The number of aromatic nitrogens is 1. The normalized spacial score (nSPS) is 18.0. The lowest BCUT2D eigenvalue weighted by Crippen LogP contribution is -2.40. The summed E-state index contributed by atoms with van der Waals surface area (Å²) in [7, 11) is 0. The average Bonchev–Trinajstić information content (AvgIpc) is 3.06. The third-order valence-electron chi connectivity index (χ3n) is 4.36. The molecule has 0 bridgehead atoms. The molecule has 6 nitrogen and oxygen atoms in total. The summed E-state index contributed by atoms with van der Waals surface area (Å²) < 4.78 is 0. The highest BCUT2D eigenvalue weighted by Crippen LogP contribution is 2.23. The van der Waals surface area contributed by atoms with Crippen molar-refractivity contribution in [3.63, 3.8) is 0 Å². The summed E-state index contributed by atoms with van der Waals surface area (Å²) in [6, 6.07) is 5.60. The molecule has 0 spiro atoms. The van der Waals surface area contributed by atoms with Crippen LogP contribution in [0.3, 0.4) is 0 Å². The van der Waals surface area contributed by atoms with Gasteiger partial charge >= 0.3 is 0 Å². The van der Waals surface area contributed by atoms with Gasteiger partial charge in [-0.3, -0.25) is 14.5 Å². The van der Waals surface area contributed by atoms with Crippen molar-refractivity contribution in [2.75, 3.05) is 18.4 Å². The molecule has 0 radical (unpaired) electrons. The molecule has 3 rings (SSSR count). The Morgan fingerprint density at radius 1 is 1.44 bits per heavy atom. The van der Waals surface area contributed by atoms with Gasteiger partial charge in [0.1, 0.15) is 5.82 Å². The number of nitrogens with zero attached hydrogens (tertiary/aromatic N) is 2. The van der Waals surface area contributed by atoms with Gasteiger partial charge < -0.3 is 11.1 Å². The van der Waals surface area contributed by atoms with E-state index in [1.54, 1.807) is 11.6 Å². The van der Waals surface area contributed by atoms with Gasteiger partial charge in [0.05, 0.1) is 11.5 Å². The number of nitrogens with one attached hydrogen (secondary N) is 1. The van der Waals surface area contributed by atoms with E-state index in [9.17, 15) is 9.59 Å². The number of likely N-dealkylation sites (tertiary alicyclic amines) is 1. The Morgan fingerprint density at radius 2 is 2.28 bits per heavy atom. The molecular formula is C18H22N4O2S. The third kappa shape index (κ3) is 4.64. The minimum absolute atomic E-state index is 0.0186. The van der Waals surface area contributed by atoms with Gasteiger partial charge in [0.25, 0.3) is 0 Å². The van der Waals surface area contributed by atoms with Crippen LogP contribution in [0.5, 0.6) is 0 Å². The average molecular weight is 358 g/mol. The predicted octanol–water partition coefficient (Wildman–Crippen LogP) is 2.40. The van der Waals surface area contributed by atoms with Crippen LogP contribution in [-0.4, -0.2) is 34.8 Å². The molecule has 2 amide bonds. The van der Waals surface area contributed by atoms with E-state index in [2.05, 4.69) is 15.2 Å². The molecule has 1 saturated heterocycles. The van der Waals surface area contributed by atoms with Crippen LogP contribution in [0.15, 0.2) is 29.8 Å². The second kappa shape index (κ2) is 7.76. The number of rotatable bonds is 5. The van der Waals surface area contributed by atoms with E-state index in [4.69, 9.17) is 5.73 Å². The van der Waals surface area contributed by atoms with Gasteiger partial charge in [0, 0.05) is 29.5 Å². The molecule has 3 heterocycles. The van der Waals surface area contributed by atoms with Crippen molar-refractivity contribution >= 4 is 29.0 Å². The van der Waals surface area contributed by atoms with Crippen LogP contribution in [0.2, 0.25) is 0 Å². The Kier molecular flexibility index (Phi) is 5.45. The Hall–Kier alpha value is -2.25. The van der Waals surface area contributed by atoms with Crippen molar-refractivity contribution < 1.29 is 9.59 Å². The number of hydrogen-bond acceptors (Lipinski definition) is 5. The van der Waals surface area contributed by atoms with E-state index in [0.29, 0.717) is 17.9 Å². The van der Waals surface area contributed by atoms with Crippen LogP contribution in [-0.2, 0) is 11.3 Å². The predicted molar refractivity (Wildman–Crippen MR) is 98.4 cm³/mol. The molecule has 2 aromatic heterocycles. The fourth-order valence-corrected chi connectivity index (χ4v) is 3.91. The summed E-state index contributed by atoms with van der Waals surface area (Å²) in [5.41, 5.74) is 6.92. The van der Waals surface area contributed by atoms with Crippen molar-refractivity contribution in [1.29, 1.82) is 0 Å². The second-order valence-electron chi connectivity index (χ2n) is 6.45. The summed E-state index contributed by atoms with van der Waals surface area (Å²) >= 11 is 1.53. The molecule has 1 aliphatic rings. The lowest BCUT2D eigenvalue weighted by molar-refractivity contribution is -0.121. The molecule has 0 saturated carbocycles. The van der Waals surface area contributed by atoms with Gasteiger partial charge in [0.2, 0.25) is 11.8 Å². The summed E-state index contributed by atoms with van der Waals surface area (Å²) in [5.74, 6) is 0.165. The molecule has 132 valence electrons. The number of aryl methyl sites for hydroxylation is 1. The lowest BCUT2D eigenvalue weighted by atomic mass is 9.97. The lowest BCUT2D eigenvalue weighted by Gasteiger charge is -2.31. The first-order chi connectivity index (χ1) is 12.0. The molecule has 1 aliphatic heterocycles. The highest BCUT2D eigenvalue weighted by atomic mass is 32.1. The van der Waals surface area contributed by atoms with Gasteiger partial charge in [-0.25, -0.2) is 4.98 Å². The number of amides is 2. The van der Waals surface area contributed by atoms with Gasteiger partial charge in [-0.05, 0) is 44.0 Å². The SMILES string of the molecule is Cc1ccc(NC(=O)C2CCCN(Cc3cc(C(N)=O)cs3)C2)nc1. The largest absolute Gasteiger partial charge is 0.366 e. The van der Waals surface area contributed by atoms with Crippen molar-refractivity contribution in [1.82, 2.24) is 9.88 Å². The van der Waals surface area contributed by atoms with Crippen LogP contribution in [0, 0.1) is 12.8 Å². The maximum Gasteiger partial charge on any atom is 0.249 e. The van der Waals surface area contributed by atoms with Crippen LogP contribution >= 0.6 is 11.3 Å². The van der Waals surface area contributed by atoms with E-state index < -0.39 is 5.91 Å². The van der Waals surface area contributed by atoms with Crippen LogP contribution in [0.25, 0.3) is 0 Å². The number of carbonyl (C=O) groups excluding carboxylic acids is 2.